The van der Waals surface area contributed by atoms with Crippen molar-refractivity contribution in [3.8, 4) is 0 Å². The van der Waals surface area contributed by atoms with Gasteiger partial charge in [-0.3, -0.25) is 9.78 Å². The lowest BCUT2D eigenvalue weighted by Gasteiger charge is -2.17. The van der Waals surface area contributed by atoms with E-state index in [2.05, 4.69) is 29.5 Å². The van der Waals surface area contributed by atoms with E-state index < -0.39 is 0 Å². The van der Waals surface area contributed by atoms with Crippen LogP contribution in [-0.4, -0.2) is 24.0 Å². The summed E-state index contributed by atoms with van der Waals surface area (Å²) < 4.78 is 0. The topological polar surface area (TPSA) is 54.0 Å². The van der Waals surface area contributed by atoms with Crippen molar-refractivity contribution in [2.75, 3.05) is 12.4 Å². The normalized spacial score (nSPS) is 21.6. The van der Waals surface area contributed by atoms with Crippen molar-refractivity contribution >= 4 is 11.6 Å². The summed E-state index contributed by atoms with van der Waals surface area (Å²) in [6, 6.07) is 3.90. The Labute approximate surface area is 108 Å². The van der Waals surface area contributed by atoms with E-state index in [9.17, 15) is 4.79 Å². The third-order valence-corrected chi connectivity index (χ3v) is 3.59. The molecular weight excluding hydrogens is 226 g/mol. The minimum absolute atomic E-state index is 0.0743. The van der Waals surface area contributed by atoms with Gasteiger partial charge in [-0.2, -0.15) is 0 Å². The van der Waals surface area contributed by atoms with E-state index >= 15 is 0 Å². The number of aromatic nitrogens is 1. The molecule has 1 heterocycles. The molecule has 1 aliphatic carbocycles. The van der Waals surface area contributed by atoms with Crippen molar-refractivity contribution in [3.05, 3.63) is 24.0 Å². The van der Waals surface area contributed by atoms with E-state index in [1.165, 1.54) is 6.42 Å². The Morgan fingerprint density at radius 3 is 2.89 bits per heavy atom. The molecule has 0 radical (unpaired) electrons. The van der Waals surface area contributed by atoms with Crippen molar-refractivity contribution in [2.45, 2.75) is 39.2 Å². The summed E-state index contributed by atoms with van der Waals surface area (Å²) >= 11 is 0. The number of hydrogen-bond donors (Lipinski definition) is 2. The van der Waals surface area contributed by atoms with Gasteiger partial charge in [-0.25, -0.2) is 0 Å². The first-order valence-corrected chi connectivity index (χ1v) is 6.45. The predicted molar refractivity (Wildman–Crippen MR) is 72.7 cm³/mol. The van der Waals surface area contributed by atoms with E-state index in [1.807, 2.05) is 13.1 Å². The van der Waals surface area contributed by atoms with E-state index in [0.717, 1.165) is 18.5 Å². The van der Waals surface area contributed by atoms with Crippen molar-refractivity contribution in [2.24, 2.45) is 5.41 Å². The molecule has 0 spiro atoms. The lowest BCUT2D eigenvalue weighted by Crippen LogP contribution is -2.34. The Morgan fingerprint density at radius 1 is 1.50 bits per heavy atom. The lowest BCUT2D eigenvalue weighted by molar-refractivity contribution is 0.0931. The molecule has 18 heavy (non-hydrogen) atoms. The number of amides is 1. The molecule has 2 rings (SSSR count). The highest BCUT2D eigenvalue weighted by Gasteiger charge is 2.31. The Morgan fingerprint density at radius 2 is 2.28 bits per heavy atom. The minimum Gasteiger partial charge on any atom is -0.388 e. The highest BCUT2D eigenvalue weighted by Crippen LogP contribution is 2.36. The number of carbonyl (C=O) groups excluding carboxylic acids is 1. The van der Waals surface area contributed by atoms with Gasteiger partial charge in [0, 0.05) is 25.0 Å². The molecule has 1 atom stereocenters. The van der Waals surface area contributed by atoms with E-state index in [0.29, 0.717) is 11.1 Å². The first-order valence-electron chi connectivity index (χ1n) is 6.45. The van der Waals surface area contributed by atoms with Crippen LogP contribution in [0.25, 0.3) is 0 Å². The Bertz CT molecular complexity index is 442. The van der Waals surface area contributed by atoms with Crippen molar-refractivity contribution in [1.29, 1.82) is 0 Å². The van der Waals surface area contributed by atoms with Gasteiger partial charge in [0.2, 0.25) is 0 Å². The molecule has 0 saturated heterocycles. The fourth-order valence-electron chi connectivity index (χ4n) is 2.53. The Kier molecular flexibility index (Phi) is 3.55. The molecule has 1 aromatic rings. The summed E-state index contributed by atoms with van der Waals surface area (Å²) in [6.45, 7) is 4.50. The molecule has 0 aromatic carbocycles. The highest BCUT2D eigenvalue weighted by molar-refractivity contribution is 5.93. The summed E-state index contributed by atoms with van der Waals surface area (Å²) in [5, 5.41) is 6.08. The summed E-state index contributed by atoms with van der Waals surface area (Å²) in [7, 11) is 1.83. The van der Waals surface area contributed by atoms with Crippen LogP contribution in [0.1, 0.15) is 43.6 Å². The van der Waals surface area contributed by atoms with E-state index in [1.54, 1.807) is 12.3 Å². The lowest BCUT2D eigenvalue weighted by atomic mass is 9.92. The average molecular weight is 247 g/mol. The largest absolute Gasteiger partial charge is 0.388 e. The maximum atomic E-state index is 12.1. The van der Waals surface area contributed by atoms with Crippen LogP contribution in [0.3, 0.4) is 0 Å². The molecule has 4 nitrogen and oxygen atoms in total. The molecule has 98 valence electrons. The van der Waals surface area contributed by atoms with Crippen molar-refractivity contribution in [3.63, 3.8) is 0 Å². The number of anilines is 1. The summed E-state index contributed by atoms with van der Waals surface area (Å²) in [6.07, 6.45) is 4.93. The van der Waals surface area contributed by atoms with Gasteiger partial charge in [0.15, 0.2) is 0 Å². The number of nitrogens with one attached hydrogen (secondary N) is 2. The zero-order valence-corrected chi connectivity index (χ0v) is 11.3. The van der Waals surface area contributed by atoms with Crippen molar-refractivity contribution < 1.29 is 4.79 Å². The van der Waals surface area contributed by atoms with Crippen LogP contribution in [0.15, 0.2) is 18.3 Å². The van der Waals surface area contributed by atoms with Crippen LogP contribution in [0.4, 0.5) is 5.69 Å². The second-order valence-electron chi connectivity index (χ2n) is 5.76. The number of nitrogens with zero attached hydrogens (tertiary/aromatic N) is 1. The summed E-state index contributed by atoms with van der Waals surface area (Å²) in [5.41, 5.74) is 1.73. The summed E-state index contributed by atoms with van der Waals surface area (Å²) in [5.74, 6) is -0.0743. The van der Waals surface area contributed by atoms with Crippen LogP contribution in [0.2, 0.25) is 0 Å². The van der Waals surface area contributed by atoms with Crippen LogP contribution >= 0.6 is 0 Å². The van der Waals surface area contributed by atoms with E-state index in [4.69, 9.17) is 0 Å². The zero-order valence-electron chi connectivity index (χ0n) is 11.3. The molecule has 1 unspecified atom stereocenters. The third-order valence-electron chi connectivity index (χ3n) is 3.59. The minimum atomic E-state index is -0.0743. The molecule has 1 amide bonds. The van der Waals surface area contributed by atoms with Gasteiger partial charge in [0.25, 0.3) is 5.91 Å². The van der Waals surface area contributed by atoms with Gasteiger partial charge in [-0.15, -0.1) is 0 Å². The molecule has 4 heteroatoms. The number of hydrogen-bond acceptors (Lipinski definition) is 3. The van der Waals surface area contributed by atoms with Crippen LogP contribution in [0.5, 0.6) is 0 Å². The SMILES string of the molecule is CNc1ccnc(C(=O)NC2CCC(C)(C)C2)c1. The Hall–Kier alpha value is -1.58. The molecule has 2 N–H and O–H groups in total. The molecular formula is C14H21N3O. The van der Waals surface area contributed by atoms with Gasteiger partial charge in [0.05, 0.1) is 0 Å². The fourth-order valence-corrected chi connectivity index (χ4v) is 2.53. The number of rotatable bonds is 3. The van der Waals surface area contributed by atoms with Crippen molar-refractivity contribution in [1.82, 2.24) is 10.3 Å². The Balaban J connectivity index is 1.99. The van der Waals surface area contributed by atoms with Gasteiger partial charge in [-0.05, 0) is 36.8 Å². The predicted octanol–water partition coefficient (Wildman–Crippen LogP) is 2.43. The fraction of sp³-hybridized carbons (Fsp3) is 0.571. The first-order chi connectivity index (χ1) is 8.50. The monoisotopic (exact) mass is 247 g/mol. The van der Waals surface area contributed by atoms with Gasteiger partial charge >= 0.3 is 0 Å². The highest BCUT2D eigenvalue weighted by atomic mass is 16.1. The number of pyridine rings is 1. The van der Waals surface area contributed by atoms with Gasteiger partial charge < -0.3 is 10.6 Å². The van der Waals surface area contributed by atoms with Crippen LogP contribution in [0, 0.1) is 5.41 Å². The molecule has 1 aliphatic rings. The smallest absolute Gasteiger partial charge is 0.270 e. The quantitative estimate of drug-likeness (QED) is 0.862. The first kappa shape index (κ1) is 12.9. The maximum Gasteiger partial charge on any atom is 0.270 e. The van der Waals surface area contributed by atoms with Crippen LogP contribution in [-0.2, 0) is 0 Å². The third kappa shape index (κ3) is 3.00. The standard InChI is InChI=1S/C14H21N3O/c1-14(2)6-4-11(9-14)17-13(18)12-8-10(15-3)5-7-16-12/h5,7-8,11H,4,6,9H2,1-3H3,(H,15,16)(H,17,18). The number of carbonyl (C=O) groups is 1. The van der Waals surface area contributed by atoms with Crippen LogP contribution < -0.4 is 10.6 Å². The second kappa shape index (κ2) is 4.96. The molecule has 1 fully saturated rings. The molecule has 1 saturated carbocycles. The molecule has 1 aromatic heterocycles. The zero-order chi connectivity index (χ0) is 13.2. The van der Waals surface area contributed by atoms with E-state index in [-0.39, 0.29) is 11.9 Å². The summed E-state index contributed by atoms with van der Waals surface area (Å²) in [4.78, 5) is 16.2. The van der Waals surface area contributed by atoms with Gasteiger partial charge in [-0.1, -0.05) is 13.8 Å². The molecule has 0 aliphatic heterocycles. The van der Waals surface area contributed by atoms with Gasteiger partial charge in [0.1, 0.15) is 5.69 Å². The second-order valence-corrected chi connectivity index (χ2v) is 5.76. The maximum absolute atomic E-state index is 12.1. The molecule has 0 bridgehead atoms. The average Bonchev–Trinajstić information content (AvgIpc) is 2.68.